The van der Waals surface area contributed by atoms with Crippen molar-refractivity contribution in [3.05, 3.63) is 59.7 Å². The molecule has 2 N–H and O–H groups in total. The molecule has 2 aliphatic rings. The molecule has 0 saturated heterocycles. The van der Waals surface area contributed by atoms with Gasteiger partial charge in [-0.15, -0.1) is 0 Å². The van der Waals surface area contributed by atoms with Crippen molar-refractivity contribution in [2.45, 2.75) is 38.5 Å². The maximum absolute atomic E-state index is 2.32. The fourth-order valence-corrected chi connectivity index (χ4v) is 4.60. The van der Waals surface area contributed by atoms with E-state index >= 15 is 0 Å². The summed E-state index contributed by atoms with van der Waals surface area (Å²) in [6.07, 6.45) is 0. The number of benzene rings is 2. The average molecular weight is 484 g/mol. The van der Waals surface area contributed by atoms with Crippen molar-refractivity contribution in [3.8, 4) is 0 Å². The molecule has 2 atom stereocenters. The van der Waals surface area contributed by atoms with Crippen LogP contribution in [-0.4, -0.2) is 27.2 Å². The van der Waals surface area contributed by atoms with Crippen LogP contribution in [-0.2, 0) is 10.8 Å². The normalized spacial score (nSPS) is 23.5. The standard InChI is InChI=1S/2C11H15N.2BrH/c2*1-11(2)8-12(3)10-7-5-4-6-9(10)11;;/h2*4-7H,8H2,1-3H3;2*1H. The summed E-state index contributed by atoms with van der Waals surface area (Å²) in [6, 6.07) is 17.5. The molecule has 26 heavy (non-hydrogen) atoms. The first-order valence-electron chi connectivity index (χ1n) is 9.07. The minimum Gasteiger partial charge on any atom is -1.00 e. The van der Waals surface area contributed by atoms with E-state index in [1.54, 1.807) is 0 Å². The van der Waals surface area contributed by atoms with E-state index in [9.17, 15) is 0 Å². The Morgan fingerprint density at radius 3 is 1.23 bits per heavy atom. The zero-order valence-corrected chi connectivity index (χ0v) is 20.0. The van der Waals surface area contributed by atoms with Crippen molar-refractivity contribution in [1.29, 1.82) is 0 Å². The summed E-state index contributed by atoms with van der Waals surface area (Å²) in [5, 5.41) is 0. The van der Waals surface area contributed by atoms with Gasteiger partial charge in [-0.25, -0.2) is 0 Å². The highest BCUT2D eigenvalue weighted by atomic mass is 79.9. The molecule has 0 bridgehead atoms. The van der Waals surface area contributed by atoms with Crippen LogP contribution < -0.4 is 43.8 Å². The number of fused-ring (bicyclic) bond motifs is 2. The first-order valence-corrected chi connectivity index (χ1v) is 9.07. The van der Waals surface area contributed by atoms with E-state index < -0.39 is 0 Å². The third-order valence-electron chi connectivity index (χ3n) is 5.65. The van der Waals surface area contributed by atoms with E-state index in [-0.39, 0.29) is 34.0 Å². The predicted molar refractivity (Wildman–Crippen MR) is 102 cm³/mol. The minimum atomic E-state index is 0. The molecule has 2 aliphatic heterocycles. The van der Waals surface area contributed by atoms with Gasteiger partial charge in [0.2, 0.25) is 0 Å². The van der Waals surface area contributed by atoms with Crippen molar-refractivity contribution in [2.24, 2.45) is 0 Å². The highest BCUT2D eigenvalue weighted by Crippen LogP contribution is 2.31. The van der Waals surface area contributed by atoms with Gasteiger partial charge in [-0.2, -0.15) is 0 Å². The molecule has 2 heterocycles. The van der Waals surface area contributed by atoms with Crippen molar-refractivity contribution in [1.82, 2.24) is 0 Å². The Hall–Kier alpha value is -0.680. The lowest BCUT2D eigenvalue weighted by atomic mass is 9.87. The second-order valence-corrected chi connectivity index (χ2v) is 8.77. The van der Waals surface area contributed by atoms with E-state index in [1.165, 1.54) is 45.4 Å². The number of hydrogen-bond acceptors (Lipinski definition) is 0. The molecule has 0 spiro atoms. The molecule has 2 nitrogen and oxygen atoms in total. The van der Waals surface area contributed by atoms with Crippen LogP contribution in [0.1, 0.15) is 38.8 Å². The largest absolute Gasteiger partial charge is 1.00 e. The molecule has 0 fully saturated rings. The lowest BCUT2D eigenvalue weighted by Gasteiger charge is -2.14. The van der Waals surface area contributed by atoms with Crippen LogP contribution in [0, 0.1) is 0 Å². The minimum absolute atomic E-state index is 0. The van der Waals surface area contributed by atoms with Gasteiger partial charge in [0.1, 0.15) is 11.4 Å². The molecule has 2 aromatic carbocycles. The van der Waals surface area contributed by atoms with Gasteiger partial charge < -0.3 is 43.8 Å². The number of hydrogen-bond donors (Lipinski definition) is 2. The van der Waals surface area contributed by atoms with Gasteiger partial charge in [-0.1, -0.05) is 64.1 Å². The summed E-state index contributed by atoms with van der Waals surface area (Å²) in [6.45, 7) is 11.7. The van der Waals surface area contributed by atoms with Crippen molar-refractivity contribution in [2.75, 3.05) is 27.2 Å². The van der Waals surface area contributed by atoms with E-state index in [0.29, 0.717) is 10.8 Å². The van der Waals surface area contributed by atoms with E-state index in [1.807, 2.05) is 0 Å². The fourth-order valence-electron chi connectivity index (χ4n) is 4.60. The van der Waals surface area contributed by atoms with Crippen LogP contribution in [0.2, 0.25) is 0 Å². The van der Waals surface area contributed by atoms with Gasteiger partial charge in [0.15, 0.2) is 0 Å². The van der Waals surface area contributed by atoms with Crippen LogP contribution in [0.4, 0.5) is 11.4 Å². The number of para-hydroxylation sites is 2. The van der Waals surface area contributed by atoms with Crippen LogP contribution in [0.3, 0.4) is 0 Å². The number of likely N-dealkylation sites (N-methyl/N-ethyl adjacent to an activating group) is 2. The Morgan fingerprint density at radius 1 is 0.615 bits per heavy atom. The van der Waals surface area contributed by atoms with Gasteiger partial charge in [0.05, 0.1) is 27.2 Å². The lowest BCUT2D eigenvalue weighted by Crippen LogP contribution is -3.03. The number of rotatable bonds is 0. The Balaban J connectivity index is 0.000000241. The monoisotopic (exact) mass is 482 g/mol. The highest BCUT2D eigenvalue weighted by molar-refractivity contribution is 5.47. The second-order valence-electron chi connectivity index (χ2n) is 8.77. The molecule has 4 rings (SSSR count). The van der Waals surface area contributed by atoms with Crippen molar-refractivity contribution >= 4 is 11.4 Å². The van der Waals surface area contributed by atoms with E-state index in [0.717, 1.165) is 0 Å². The maximum atomic E-state index is 2.32. The average Bonchev–Trinajstić information content (AvgIpc) is 2.91. The van der Waals surface area contributed by atoms with Gasteiger partial charge in [0.25, 0.3) is 0 Å². The van der Waals surface area contributed by atoms with E-state index in [2.05, 4.69) is 90.3 Å². The van der Waals surface area contributed by atoms with Crippen LogP contribution in [0.25, 0.3) is 0 Å². The predicted octanol–water partition coefficient (Wildman–Crippen LogP) is -3.74. The molecule has 0 amide bonds. The van der Waals surface area contributed by atoms with Crippen molar-refractivity contribution < 1.29 is 43.8 Å². The molecule has 2 aromatic rings. The first kappa shape index (κ1) is 23.4. The molecule has 0 aromatic heterocycles. The van der Waals surface area contributed by atoms with Gasteiger partial charge in [-0.3, -0.25) is 0 Å². The zero-order chi connectivity index (χ0) is 17.5. The van der Waals surface area contributed by atoms with Gasteiger partial charge in [-0.05, 0) is 12.1 Å². The summed E-state index contributed by atoms with van der Waals surface area (Å²) in [7, 11) is 4.49. The Kier molecular flexibility index (Phi) is 7.69. The van der Waals surface area contributed by atoms with E-state index in [4.69, 9.17) is 0 Å². The first-order chi connectivity index (χ1) is 11.2. The second kappa shape index (κ2) is 8.55. The topological polar surface area (TPSA) is 8.88 Å². The summed E-state index contributed by atoms with van der Waals surface area (Å²) in [5.41, 5.74) is 6.71. The van der Waals surface area contributed by atoms with Gasteiger partial charge in [0, 0.05) is 22.0 Å². The van der Waals surface area contributed by atoms with Crippen molar-refractivity contribution in [3.63, 3.8) is 0 Å². The number of quaternary nitrogens is 2. The quantitative estimate of drug-likeness (QED) is 0.381. The summed E-state index contributed by atoms with van der Waals surface area (Å²) < 4.78 is 0. The lowest BCUT2D eigenvalue weighted by molar-refractivity contribution is -0.807. The summed E-state index contributed by atoms with van der Waals surface area (Å²) in [5.74, 6) is 0. The molecular formula is C22H32Br2N2. The number of nitrogens with one attached hydrogen (secondary N) is 2. The highest BCUT2D eigenvalue weighted by Gasteiger charge is 2.37. The fraction of sp³-hybridized carbons (Fsp3) is 0.455. The van der Waals surface area contributed by atoms with Crippen LogP contribution in [0.5, 0.6) is 0 Å². The third-order valence-corrected chi connectivity index (χ3v) is 5.65. The Bertz CT molecular complexity index is 677. The molecule has 0 saturated carbocycles. The number of halogens is 2. The smallest absolute Gasteiger partial charge is 0.135 e. The van der Waals surface area contributed by atoms with Crippen LogP contribution >= 0.6 is 0 Å². The Morgan fingerprint density at radius 2 is 0.923 bits per heavy atom. The Labute approximate surface area is 180 Å². The molecule has 0 radical (unpaired) electrons. The summed E-state index contributed by atoms with van der Waals surface area (Å²) >= 11 is 0. The molecule has 4 heteroatoms. The molecular weight excluding hydrogens is 452 g/mol. The van der Waals surface area contributed by atoms with Gasteiger partial charge >= 0.3 is 0 Å². The molecule has 0 aliphatic carbocycles. The van der Waals surface area contributed by atoms with Crippen LogP contribution in [0.15, 0.2) is 48.5 Å². The maximum Gasteiger partial charge on any atom is 0.135 e. The molecule has 2 unspecified atom stereocenters. The SMILES string of the molecule is C[NH+]1CC(C)(C)c2ccccc21.C[NH+]1CC(C)(C)c2ccccc21.[Br-].[Br-]. The zero-order valence-electron chi connectivity index (χ0n) is 16.8. The molecule has 144 valence electrons. The third kappa shape index (κ3) is 4.41. The summed E-state index contributed by atoms with van der Waals surface area (Å²) in [4.78, 5) is 3.08.